The normalized spacial score (nSPS) is 12.2. The largest absolute Gasteiger partial charge is 0.478 e. The Labute approximate surface area is 118 Å². The van der Waals surface area contributed by atoms with Crippen LogP contribution in [-0.2, 0) is 4.74 Å². The van der Waals surface area contributed by atoms with Crippen LogP contribution in [0.3, 0.4) is 0 Å². The van der Waals surface area contributed by atoms with E-state index in [1.165, 1.54) is 0 Å². The average Bonchev–Trinajstić information content (AvgIpc) is 2.38. The van der Waals surface area contributed by atoms with Crippen LogP contribution in [0.1, 0.15) is 30.6 Å². The van der Waals surface area contributed by atoms with Crippen molar-refractivity contribution in [2.75, 3.05) is 25.2 Å². The molecule has 1 aromatic rings. The van der Waals surface area contributed by atoms with Gasteiger partial charge in [-0.2, -0.15) is 0 Å². The van der Waals surface area contributed by atoms with E-state index in [2.05, 4.69) is 13.8 Å². The number of carbonyl (C=O) groups is 1. The second-order valence-electron chi connectivity index (χ2n) is 4.38. The van der Waals surface area contributed by atoms with Crippen LogP contribution in [0.5, 0.6) is 0 Å². The Bertz CT molecular complexity index is 437. The first-order valence-electron chi connectivity index (χ1n) is 6.30. The summed E-state index contributed by atoms with van der Waals surface area (Å²) in [5.41, 5.74) is 0.798. The molecule has 0 heterocycles. The highest BCUT2D eigenvalue weighted by atomic mass is 35.5. The molecule has 0 amide bonds. The molecule has 1 N–H and O–H groups in total. The zero-order valence-corrected chi connectivity index (χ0v) is 12.3. The van der Waals surface area contributed by atoms with Crippen molar-refractivity contribution in [3.8, 4) is 0 Å². The number of ether oxygens (including phenoxy) is 1. The molecule has 0 spiro atoms. The molecule has 1 aromatic carbocycles. The van der Waals surface area contributed by atoms with Crippen LogP contribution >= 0.6 is 11.6 Å². The van der Waals surface area contributed by atoms with Crippen molar-refractivity contribution in [1.29, 1.82) is 0 Å². The molecule has 106 valence electrons. The molecule has 1 atom stereocenters. The number of nitrogens with zero attached hydrogens (tertiary/aromatic N) is 1. The number of anilines is 1. The zero-order valence-electron chi connectivity index (χ0n) is 11.5. The Kier molecular flexibility index (Phi) is 6.12. The van der Waals surface area contributed by atoms with Crippen LogP contribution in [0.25, 0.3) is 0 Å². The topological polar surface area (TPSA) is 49.8 Å². The molecule has 5 heteroatoms. The van der Waals surface area contributed by atoms with Gasteiger partial charge in [0.15, 0.2) is 0 Å². The van der Waals surface area contributed by atoms with Crippen LogP contribution in [-0.4, -0.2) is 37.4 Å². The number of carboxylic acid groups (broad SMARTS) is 1. The molecule has 0 aliphatic carbocycles. The summed E-state index contributed by atoms with van der Waals surface area (Å²) in [6.45, 7) is 5.29. The minimum Gasteiger partial charge on any atom is -0.478 e. The van der Waals surface area contributed by atoms with E-state index in [0.29, 0.717) is 18.8 Å². The molecule has 1 rings (SSSR count). The van der Waals surface area contributed by atoms with E-state index in [0.717, 1.165) is 6.42 Å². The van der Waals surface area contributed by atoms with Crippen molar-refractivity contribution in [1.82, 2.24) is 0 Å². The number of rotatable bonds is 7. The van der Waals surface area contributed by atoms with E-state index in [9.17, 15) is 9.90 Å². The predicted octanol–water partition coefficient (Wildman–Crippen LogP) is 3.29. The number of hydrogen-bond donors (Lipinski definition) is 1. The minimum atomic E-state index is -1.01. The first-order chi connectivity index (χ1) is 9.02. The van der Waals surface area contributed by atoms with Crippen LogP contribution in [0, 0.1) is 0 Å². The lowest BCUT2D eigenvalue weighted by Crippen LogP contribution is -2.36. The maximum atomic E-state index is 11.4. The van der Waals surface area contributed by atoms with Gasteiger partial charge >= 0.3 is 5.97 Å². The molecular formula is C14H20ClNO3. The number of methoxy groups -OCH3 is 1. The smallest absolute Gasteiger partial charge is 0.339 e. The summed E-state index contributed by atoms with van der Waals surface area (Å²) in [4.78, 5) is 13.4. The molecule has 1 unspecified atom stereocenters. The lowest BCUT2D eigenvalue weighted by molar-refractivity contribution is 0.0697. The van der Waals surface area contributed by atoms with Crippen LogP contribution in [0.4, 0.5) is 5.69 Å². The number of carboxylic acids is 1. The molecule has 0 fully saturated rings. The SMILES string of the molecule is CCC(C)N(CCOC)c1cccc(Cl)c1C(=O)O. The number of aromatic carboxylic acids is 1. The van der Waals surface area contributed by atoms with E-state index < -0.39 is 5.97 Å². The van der Waals surface area contributed by atoms with Crippen molar-refractivity contribution >= 4 is 23.3 Å². The summed E-state index contributed by atoms with van der Waals surface area (Å²) in [6.07, 6.45) is 0.912. The van der Waals surface area contributed by atoms with Gasteiger partial charge in [-0.3, -0.25) is 0 Å². The standard InChI is InChI=1S/C14H20ClNO3/c1-4-10(2)16(8-9-19-3)12-7-5-6-11(15)13(12)14(17)18/h5-7,10H,4,8-9H2,1-3H3,(H,17,18). The van der Waals surface area contributed by atoms with Gasteiger partial charge in [0, 0.05) is 19.7 Å². The Morgan fingerprint density at radius 3 is 2.74 bits per heavy atom. The fourth-order valence-corrected chi connectivity index (χ4v) is 2.20. The van der Waals surface area contributed by atoms with Gasteiger partial charge in [0.2, 0.25) is 0 Å². The van der Waals surface area contributed by atoms with Crippen molar-refractivity contribution in [2.45, 2.75) is 26.3 Å². The number of benzene rings is 1. The second-order valence-corrected chi connectivity index (χ2v) is 4.79. The van der Waals surface area contributed by atoms with E-state index in [1.807, 2.05) is 4.90 Å². The molecule has 0 bridgehead atoms. The highest BCUT2D eigenvalue weighted by molar-refractivity contribution is 6.34. The van der Waals surface area contributed by atoms with Crippen molar-refractivity contribution in [2.24, 2.45) is 0 Å². The monoisotopic (exact) mass is 285 g/mol. The van der Waals surface area contributed by atoms with Gasteiger partial charge in [-0.1, -0.05) is 24.6 Å². The lowest BCUT2D eigenvalue weighted by atomic mass is 10.1. The van der Waals surface area contributed by atoms with Crippen LogP contribution < -0.4 is 4.90 Å². The summed E-state index contributed by atoms with van der Waals surface area (Å²) >= 11 is 6.01. The van der Waals surface area contributed by atoms with Crippen LogP contribution in [0.2, 0.25) is 5.02 Å². The van der Waals surface area contributed by atoms with Gasteiger partial charge in [-0.25, -0.2) is 4.79 Å². The third kappa shape index (κ3) is 3.85. The molecule has 0 saturated heterocycles. The average molecular weight is 286 g/mol. The van der Waals surface area contributed by atoms with Gasteiger partial charge in [-0.15, -0.1) is 0 Å². The summed E-state index contributed by atoms with van der Waals surface area (Å²) < 4.78 is 5.10. The van der Waals surface area contributed by atoms with Gasteiger partial charge in [0.05, 0.1) is 17.3 Å². The Hall–Kier alpha value is -1.26. The maximum Gasteiger partial charge on any atom is 0.339 e. The van der Waals surface area contributed by atoms with Crippen molar-refractivity contribution < 1.29 is 14.6 Å². The molecule has 0 aliphatic rings. The van der Waals surface area contributed by atoms with E-state index in [4.69, 9.17) is 16.3 Å². The highest BCUT2D eigenvalue weighted by Crippen LogP contribution is 2.29. The molecule has 0 saturated carbocycles. The highest BCUT2D eigenvalue weighted by Gasteiger charge is 2.21. The first-order valence-corrected chi connectivity index (χ1v) is 6.68. The molecule has 0 aromatic heterocycles. The fourth-order valence-electron chi connectivity index (χ4n) is 1.95. The molecule has 0 aliphatic heterocycles. The second kappa shape index (κ2) is 7.36. The van der Waals surface area contributed by atoms with Gasteiger partial charge in [-0.05, 0) is 25.5 Å². The predicted molar refractivity (Wildman–Crippen MR) is 77.4 cm³/mol. The van der Waals surface area contributed by atoms with Gasteiger partial charge < -0.3 is 14.7 Å². The molecular weight excluding hydrogens is 266 g/mol. The van der Waals surface area contributed by atoms with Crippen LogP contribution in [0.15, 0.2) is 18.2 Å². The first kappa shape index (κ1) is 15.8. The Balaban J connectivity index is 3.21. The molecule has 4 nitrogen and oxygen atoms in total. The quantitative estimate of drug-likeness (QED) is 0.835. The molecule has 0 radical (unpaired) electrons. The van der Waals surface area contributed by atoms with E-state index >= 15 is 0 Å². The van der Waals surface area contributed by atoms with Gasteiger partial charge in [0.1, 0.15) is 5.56 Å². The third-order valence-electron chi connectivity index (χ3n) is 3.17. The summed E-state index contributed by atoms with van der Waals surface area (Å²) in [5.74, 6) is -1.01. The fraction of sp³-hybridized carbons (Fsp3) is 0.500. The Morgan fingerprint density at radius 2 is 2.21 bits per heavy atom. The molecule has 19 heavy (non-hydrogen) atoms. The van der Waals surface area contributed by atoms with E-state index in [-0.39, 0.29) is 16.6 Å². The summed E-state index contributed by atoms with van der Waals surface area (Å²) in [6, 6.07) is 5.37. The van der Waals surface area contributed by atoms with Gasteiger partial charge in [0.25, 0.3) is 0 Å². The van der Waals surface area contributed by atoms with Crippen molar-refractivity contribution in [3.05, 3.63) is 28.8 Å². The summed E-state index contributed by atoms with van der Waals surface area (Å²) in [5, 5.41) is 9.59. The zero-order chi connectivity index (χ0) is 14.4. The third-order valence-corrected chi connectivity index (χ3v) is 3.49. The maximum absolute atomic E-state index is 11.4. The summed E-state index contributed by atoms with van der Waals surface area (Å²) in [7, 11) is 1.63. The lowest BCUT2D eigenvalue weighted by Gasteiger charge is -2.31. The van der Waals surface area contributed by atoms with E-state index in [1.54, 1.807) is 25.3 Å². The number of halogens is 1. The van der Waals surface area contributed by atoms with Crippen molar-refractivity contribution in [3.63, 3.8) is 0 Å². The number of hydrogen-bond acceptors (Lipinski definition) is 3. The minimum absolute atomic E-state index is 0.153. The Morgan fingerprint density at radius 1 is 1.53 bits per heavy atom.